The summed E-state index contributed by atoms with van der Waals surface area (Å²) in [6, 6.07) is 5.92. The number of benzene rings is 1. The largest absolute Gasteiger partial charge is 0.316 e. The Labute approximate surface area is 152 Å². The monoisotopic (exact) mass is 357 g/mol. The summed E-state index contributed by atoms with van der Waals surface area (Å²) in [5, 5.41) is 4.76. The Bertz CT molecular complexity index is 828. The van der Waals surface area contributed by atoms with Crippen LogP contribution >= 0.6 is 11.3 Å². The third kappa shape index (κ3) is 3.44. The van der Waals surface area contributed by atoms with Gasteiger partial charge in [0.05, 0.1) is 16.6 Å². The van der Waals surface area contributed by atoms with Crippen LogP contribution in [0.25, 0.3) is 0 Å². The van der Waals surface area contributed by atoms with Gasteiger partial charge in [-0.2, -0.15) is 0 Å². The molecule has 1 fully saturated rings. The molecule has 2 amide bonds. The van der Waals surface area contributed by atoms with E-state index < -0.39 is 0 Å². The predicted molar refractivity (Wildman–Crippen MR) is 101 cm³/mol. The van der Waals surface area contributed by atoms with Crippen LogP contribution in [0, 0.1) is 26.7 Å². The molecule has 5 nitrogen and oxygen atoms in total. The first kappa shape index (κ1) is 17.6. The minimum absolute atomic E-state index is 0.00382. The molecule has 0 spiro atoms. The lowest BCUT2D eigenvalue weighted by Crippen LogP contribution is -2.28. The average Bonchev–Trinajstić information content (AvgIpc) is 3.13. The highest BCUT2D eigenvalue weighted by Crippen LogP contribution is 2.31. The third-order valence-electron chi connectivity index (χ3n) is 4.74. The van der Waals surface area contributed by atoms with Crippen molar-refractivity contribution < 1.29 is 9.59 Å². The second-order valence-electron chi connectivity index (χ2n) is 6.49. The summed E-state index contributed by atoms with van der Waals surface area (Å²) in [5.41, 5.74) is 3.97. The van der Waals surface area contributed by atoms with Gasteiger partial charge in [-0.05, 0) is 44.4 Å². The Morgan fingerprint density at radius 2 is 2.12 bits per heavy atom. The van der Waals surface area contributed by atoms with Crippen molar-refractivity contribution >= 4 is 33.8 Å². The number of aromatic nitrogens is 1. The van der Waals surface area contributed by atoms with Crippen molar-refractivity contribution in [3.8, 4) is 0 Å². The minimum Gasteiger partial charge on any atom is -0.316 e. The van der Waals surface area contributed by atoms with Crippen LogP contribution in [-0.4, -0.2) is 23.3 Å². The highest BCUT2D eigenvalue weighted by Gasteiger charge is 2.36. The SMILES string of the molecule is CCc1nc(C)c(NC(=O)[C@H]2CC(=O)N(c3cccc(C)c3C)C2)s1. The molecule has 2 aromatic rings. The molecule has 0 saturated carbocycles. The van der Waals surface area contributed by atoms with Crippen molar-refractivity contribution in [3.05, 3.63) is 40.0 Å². The van der Waals surface area contributed by atoms with Gasteiger partial charge in [-0.1, -0.05) is 19.1 Å². The predicted octanol–water partition coefficient (Wildman–Crippen LogP) is 3.62. The molecule has 1 aliphatic rings. The molecular formula is C19H23N3O2S. The summed E-state index contributed by atoms with van der Waals surface area (Å²) >= 11 is 1.51. The molecule has 1 aliphatic heterocycles. The first-order valence-corrected chi connectivity index (χ1v) is 9.36. The maximum Gasteiger partial charge on any atom is 0.230 e. The zero-order valence-corrected chi connectivity index (χ0v) is 15.9. The zero-order chi connectivity index (χ0) is 18.1. The molecule has 1 aromatic carbocycles. The summed E-state index contributed by atoms with van der Waals surface area (Å²) < 4.78 is 0. The number of carbonyl (C=O) groups is 2. The van der Waals surface area contributed by atoms with Gasteiger partial charge in [0.25, 0.3) is 0 Å². The van der Waals surface area contributed by atoms with Crippen LogP contribution in [0.2, 0.25) is 0 Å². The molecule has 1 saturated heterocycles. The molecule has 0 unspecified atom stereocenters. The summed E-state index contributed by atoms with van der Waals surface area (Å²) in [4.78, 5) is 31.3. The van der Waals surface area contributed by atoms with Crippen molar-refractivity contribution in [2.24, 2.45) is 5.92 Å². The Morgan fingerprint density at radius 1 is 1.36 bits per heavy atom. The summed E-state index contributed by atoms with van der Waals surface area (Å²) in [5.74, 6) is -0.432. The first-order chi connectivity index (χ1) is 11.9. The molecule has 2 heterocycles. The van der Waals surface area contributed by atoms with Crippen molar-refractivity contribution in [2.45, 2.75) is 40.5 Å². The number of rotatable bonds is 4. The van der Waals surface area contributed by atoms with Crippen LogP contribution in [0.3, 0.4) is 0 Å². The molecule has 132 valence electrons. The molecular weight excluding hydrogens is 334 g/mol. The lowest BCUT2D eigenvalue weighted by atomic mass is 10.1. The quantitative estimate of drug-likeness (QED) is 0.909. The molecule has 0 bridgehead atoms. The van der Waals surface area contributed by atoms with Crippen LogP contribution in [0.5, 0.6) is 0 Å². The lowest BCUT2D eigenvalue weighted by molar-refractivity contribution is -0.122. The number of hydrogen-bond donors (Lipinski definition) is 1. The van der Waals surface area contributed by atoms with E-state index in [9.17, 15) is 9.59 Å². The fraction of sp³-hybridized carbons (Fsp3) is 0.421. The maximum atomic E-state index is 12.6. The zero-order valence-electron chi connectivity index (χ0n) is 15.0. The number of hydrogen-bond acceptors (Lipinski definition) is 4. The van der Waals surface area contributed by atoms with E-state index in [4.69, 9.17) is 0 Å². The molecule has 1 aromatic heterocycles. The van der Waals surface area contributed by atoms with E-state index in [1.165, 1.54) is 11.3 Å². The Kier molecular flexibility index (Phi) is 4.90. The highest BCUT2D eigenvalue weighted by molar-refractivity contribution is 7.16. The van der Waals surface area contributed by atoms with Crippen LogP contribution in [-0.2, 0) is 16.0 Å². The fourth-order valence-corrected chi connectivity index (χ4v) is 3.99. The normalized spacial score (nSPS) is 17.2. The number of thiazole rings is 1. The molecule has 6 heteroatoms. The van der Waals surface area contributed by atoms with Crippen LogP contribution in [0.4, 0.5) is 10.7 Å². The van der Waals surface area contributed by atoms with Gasteiger partial charge in [-0.3, -0.25) is 9.59 Å². The van der Waals surface area contributed by atoms with E-state index in [0.717, 1.165) is 38.9 Å². The second kappa shape index (κ2) is 6.96. The van der Waals surface area contributed by atoms with Crippen LogP contribution in [0.1, 0.15) is 35.2 Å². The number of amides is 2. The molecule has 0 aliphatic carbocycles. The van der Waals surface area contributed by atoms with Gasteiger partial charge in [-0.25, -0.2) is 4.98 Å². The highest BCUT2D eigenvalue weighted by atomic mass is 32.1. The van der Waals surface area contributed by atoms with E-state index in [2.05, 4.69) is 10.3 Å². The topological polar surface area (TPSA) is 62.3 Å². The van der Waals surface area contributed by atoms with Crippen molar-refractivity contribution in [1.82, 2.24) is 4.98 Å². The van der Waals surface area contributed by atoms with Gasteiger partial charge in [0.15, 0.2) is 0 Å². The third-order valence-corrected chi connectivity index (χ3v) is 5.96. The van der Waals surface area contributed by atoms with Gasteiger partial charge < -0.3 is 10.2 Å². The summed E-state index contributed by atoms with van der Waals surface area (Å²) in [6.45, 7) is 8.41. The van der Waals surface area contributed by atoms with Gasteiger partial charge in [0, 0.05) is 18.7 Å². The molecule has 1 N–H and O–H groups in total. The smallest absolute Gasteiger partial charge is 0.230 e. The number of nitrogens with zero attached hydrogens (tertiary/aromatic N) is 2. The lowest BCUT2D eigenvalue weighted by Gasteiger charge is -2.20. The fourth-order valence-electron chi connectivity index (χ4n) is 3.08. The summed E-state index contributed by atoms with van der Waals surface area (Å²) in [6.07, 6.45) is 1.10. The van der Waals surface area contributed by atoms with Gasteiger partial charge in [-0.15, -0.1) is 11.3 Å². The van der Waals surface area contributed by atoms with Crippen LogP contribution in [0.15, 0.2) is 18.2 Å². The average molecular weight is 357 g/mol. The number of nitrogens with one attached hydrogen (secondary N) is 1. The molecule has 25 heavy (non-hydrogen) atoms. The van der Waals surface area contributed by atoms with Gasteiger partial charge in [0.2, 0.25) is 11.8 Å². The number of carbonyl (C=O) groups excluding carboxylic acids is 2. The number of aryl methyl sites for hydroxylation is 3. The second-order valence-corrected chi connectivity index (χ2v) is 7.57. The number of anilines is 2. The molecule has 3 rings (SSSR count). The van der Waals surface area contributed by atoms with E-state index in [1.54, 1.807) is 4.90 Å². The summed E-state index contributed by atoms with van der Waals surface area (Å²) in [7, 11) is 0. The van der Waals surface area contributed by atoms with E-state index in [0.29, 0.717) is 6.54 Å². The Hall–Kier alpha value is -2.21. The Morgan fingerprint density at radius 3 is 2.80 bits per heavy atom. The van der Waals surface area contributed by atoms with Crippen molar-refractivity contribution in [3.63, 3.8) is 0 Å². The van der Waals surface area contributed by atoms with Gasteiger partial charge >= 0.3 is 0 Å². The van der Waals surface area contributed by atoms with E-state index in [-0.39, 0.29) is 24.2 Å². The minimum atomic E-state index is -0.334. The van der Waals surface area contributed by atoms with E-state index in [1.807, 2.05) is 45.9 Å². The maximum absolute atomic E-state index is 12.6. The van der Waals surface area contributed by atoms with Crippen molar-refractivity contribution in [2.75, 3.05) is 16.8 Å². The standard InChI is InChI=1S/C19H23N3O2S/c1-5-16-20-13(4)19(25-16)21-18(24)14-9-17(23)22(10-14)15-8-6-7-11(2)12(15)3/h6-8,14H,5,9-10H2,1-4H3,(H,21,24)/t14-/m0/s1. The first-order valence-electron chi connectivity index (χ1n) is 8.54. The molecule has 1 atom stereocenters. The van der Waals surface area contributed by atoms with E-state index >= 15 is 0 Å². The molecule has 0 radical (unpaired) electrons. The van der Waals surface area contributed by atoms with Gasteiger partial charge in [0.1, 0.15) is 5.00 Å². The Balaban J connectivity index is 1.74. The van der Waals surface area contributed by atoms with Crippen LogP contribution < -0.4 is 10.2 Å². The van der Waals surface area contributed by atoms with Crippen molar-refractivity contribution in [1.29, 1.82) is 0 Å².